The highest BCUT2D eigenvalue weighted by Gasteiger charge is 2.16. The maximum absolute atomic E-state index is 12.1. The Labute approximate surface area is 129 Å². The number of nitrogens with one attached hydrogen (secondary N) is 2. The van der Waals surface area contributed by atoms with Gasteiger partial charge < -0.3 is 15.5 Å². The second-order valence-corrected chi connectivity index (χ2v) is 6.01. The zero-order valence-electron chi connectivity index (χ0n) is 12.2. The molecule has 0 aliphatic carbocycles. The number of carbonyl (C=O) groups excluding carboxylic acids is 1. The van der Waals surface area contributed by atoms with Gasteiger partial charge in [-0.1, -0.05) is 13.0 Å². The fourth-order valence-corrected chi connectivity index (χ4v) is 3.05. The van der Waals surface area contributed by atoms with Gasteiger partial charge in [-0.25, -0.2) is 0 Å². The molecule has 21 heavy (non-hydrogen) atoms. The number of hydrogen-bond acceptors (Lipinski definition) is 5. The van der Waals surface area contributed by atoms with Crippen molar-refractivity contribution in [3.63, 3.8) is 0 Å². The van der Waals surface area contributed by atoms with Gasteiger partial charge in [0.15, 0.2) is 0 Å². The molecule has 1 saturated heterocycles. The molecule has 1 heterocycles. The molecule has 0 radical (unpaired) electrons. The van der Waals surface area contributed by atoms with Crippen molar-refractivity contribution in [2.75, 3.05) is 43.8 Å². The number of hydrogen-bond donors (Lipinski definition) is 2. The second-order valence-electron chi connectivity index (χ2n) is 4.71. The van der Waals surface area contributed by atoms with Crippen LogP contribution in [-0.4, -0.2) is 49.3 Å². The Morgan fingerprint density at radius 1 is 1.48 bits per heavy atom. The van der Waals surface area contributed by atoms with Crippen molar-refractivity contribution in [1.82, 2.24) is 10.2 Å². The third-order valence-corrected chi connectivity index (χ3v) is 4.28. The maximum Gasteiger partial charge on any atom is 0.241 e. The number of piperazine rings is 1. The summed E-state index contributed by atoms with van der Waals surface area (Å²) in [7, 11) is 0. The van der Waals surface area contributed by atoms with Gasteiger partial charge in [0.25, 0.3) is 0 Å². The summed E-state index contributed by atoms with van der Waals surface area (Å²) in [5.41, 5.74) is 1.36. The van der Waals surface area contributed by atoms with Gasteiger partial charge in [-0.2, -0.15) is 5.26 Å². The lowest BCUT2D eigenvalue weighted by atomic mass is 10.2. The van der Waals surface area contributed by atoms with Gasteiger partial charge in [-0.05, 0) is 17.9 Å². The lowest BCUT2D eigenvalue weighted by Gasteiger charge is -2.27. The summed E-state index contributed by atoms with van der Waals surface area (Å²) in [5.74, 6) is 0.992. The van der Waals surface area contributed by atoms with Crippen LogP contribution in [0, 0.1) is 11.3 Å². The number of carbonyl (C=O) groups is 1. The number of nitriles is 1. The lowest BCUT2D eigenvalue weighted by molar-refractivity contribution is -0.129. The van der Waals surface area contributed by atoms with Gasteiger partial charge in [-0.3, -0.25) is 4.79 Å². The predicted molar refractivity (Wildman–Crippen MR) is 85.5 cm³/mol. The lowest BCUT2D eigenvalue weighted by Crippen LogP contribution is -2.48. The third kappa shape index (κ3) is 4.13. The highest BCUT2D eigenvalue weighted by atomic mass is 32.2. The molecule has 5 nitrogen and oxygen atoms in total. The second kappa shape index (κ2) is 7.91. The van der Waals surface area contributed by atoms with E-state index < -0.39 is 0 Å². The molecule has 1 aromatic rings. The van der Waals surface area contributed by atoms with Gasteiger partial charge in [0.1, 0.15) is 6.07 Å². The van der Waals surface area contributed by atoms with E-state index in [0.717, 1.165) is 42.5 Å². The Kier molecular flexibility index (Phi) is 5.90. The minimum atomic E-state index is 0.0777. The monoisotopic (exact) mass is 304 g/mol. The highest BCUT2D eigenvalue weighted by Crippen LogP contribution is 2.27. The summed E-state index contributed by atoms with van der Waals surface area (Å²) in [6.45, 7) is 5.47. The summed E-state index contributed by atoms with van der Waals surface area (Å²) in [6.07, 6.45) is 0. The van der Waals surface area contributed by atoms with Crippen LogP contribution in [0.5, 0.6) is 0 Å². The molecule has 6 heteroatoms. The van der Waals surface area contributed by atoms with E-state index in [0.29, 0.717) is 5.56 Å². The van der Waals surface area contributed by atoms with Crippen LogP contribution in [0.2, 0.25) is 0 Å². The standard InChI is InChI=1S/C15H20N4OS/c1-2-21-14-5-3-4-13(12(14)10-16)18-11-15(20)19-8-6-17-7-9-19/h3-5,17-18H,2,6-9,11H2,1H3. The SMILES string of the molecule is CCSc1cccc(NCC(=O)N2CCNCC2)c1C#N. The Bertz CT molecular complexity index is 535. The van der Waals surface area contributed by atoms with Gasteiger partial charge in [0.05, 0.1) is 17.8 Å². The third-order valence-electron chi connectivity index (χ3n) is 3.34. The molecular weight excluding hydrogens is 284 g/mol. The number of benzene rings is 1. The molecule has 1 fully saturated rings. The Balaban J connectivity index is 2.01. The Hall–Kier alpha value is -1.71. The summed E-state index contributed by atoms with van der Waals surface area (Å²) in [5, 5.41) is 15.7. The number of thioether (sulfide) groups is 1. The van der Waals surface area contributed by atoms with E-state index in [1.807, 2.05) is 23.1 Å². The van der Waals surface area contributed by atoms with E-state index in [4.69, 9.17) is 0 Å². The van der Waals surface area contributed by atoms with Crippen molar-refractivity contribution in [2.45, 2.75) is 11.8 Å². The molecule has 1 aliphatic heterocycles. The van der Waals surface area contributed by atoms with Crippen LogP contribution in [0.1, 0.15) is 12.5 Å². The van der Waals surface area contributed by atoms with Crippen molar-refractivity contribution in [3.8, 4) is 6.07 Å². The fraction of sp³-hybridized carbons (Fsp3) is 0.467. The topological polar surface area (TPSA) is 68.2 Å². The molecule has 1 aromatic carbocycles. The zero-order valence-corrected chi connectivity index (χ0v) is 13.0. The molecule has 1 amide bonds. The molecule has 112 valence electrons. The highest BCUT2D eigenvalue weighted by molar-refractivity contribution is 7.99. The summed E-state index contributed by atoms with van der Waals surface area (Å²) in [6, 6.07) is 7.94. The van der Waals surface area contributed by atoms with E-state index in [-0.39, 0.29) is 12.5 Å². The fourth-order valence-electron chi connectivity index (χ4n) is 2.27. The maximum atomic E-state index is 12.1. The van der Waals surface area contributed by atoms with E-state index in [9.17, 15) is 10.1 Å². The van der Waals surface area contributed by atoms with Crippen LogP contribution in [-0.2, 0) is 4.79 Å². The molecular formula is C15H20N4OS. The first-order valence-corrected chi connectivity index (χ1v) is 8.13. The largest absolute Gasteiger partial charge is 0.375 e. The van der Waals surface area contributed by atoms with Crippen molar-refractivity contribution >= 4 is 23.4 Å². The van der Waals surface area contributed by atoms with Crippen LogP contribution in [0.4, 0.5) is 5.69 Å². The van der Waals surface area contributed by atoms with Gasteiger partial charge in [0.2, 0.25) is 5.91 Å². The van der Waals surface area contributed by atoms with E-state index in [1.54, 1.807) is 11.8 Å². The molecule has 0 spiro atoms. The smallest absolute Gasteiger partial charge is 0.241 e. The first-order valence-electron chi connectivity index (χ1n) is 7.14. The van der Waals surface area contributed by atoms with Crippen LogP contribution < -0.4 is 10.6 Å². The Morgan fingerprint density at radius 3 is 2.90 bits per heavy atom. The minimum absolute atomic E-state index is 0.0777. The average Bonchev–Trinajstić information content (AvgIpc) is 2.54. The van der Waals surface area contributed by atoms with Crippen molar-refractivity contribution in [3.05, 3.63) is 23.8 Å². The van der Waals surface area contributed by atoms with Crippen LogP contribution in [0.15, 0.2) is 23.1 Å². The molecule has 0 bridgehead atoms. The van der Waals surface area contributed by atoms with Crippen molar-refractivity contribution in [1.29, 1.82) is 5.26 Å². The molecule has 0 aromatic heterocycles. The molecule has 0 atom stereocenters. The van der Waals surface area contributed by atoms with Crippen molar-refractivity contribution in [2.24, 2.45) is 0 Å². The molecule has 0 unspecified atom stereocenters. The summed E-state index contributed by atoms with van der Waals surface area (Å²) >= 11 is 1.64. The summed E-state index contributed by atoms with van der Waals surface area (Å²) in [4.78, 5) is 14.9. The van der Waals surface area contributed by atoms with Crippen LogP contribution in [0.25, 0.3) is 0 Å². The number of anilines is 1. The van der Waals surface area contributed by atoms with E-state index in [1.165, 1.54) is 0 Å². The molecule has 2 N–H and O–H groups in total. The van der Waals surface area contributed by atoms with Crippen LogP contribution >= 0.6 is 11.8 Å². The molecule has 2 rings (SSSR count). The zero-order chi connectivity index (χ0) is 15.1. The normalized spacial score (nSPS) is 14.6. The molecule has 1 aliphatic rings. The number of rotatable bonds is 5. The van der Waals surface area contributed by atoms with Gasteiger partial charge in [0, 0.05) is 31.1 Å². The first kappa shape index (κ1) is 15.7. The summed E-state index contributed by atoms with van der Waals surface area (Å²) < 4.78 is 0. The van der Waals surface area contributed by atoms with Gasteiger partial charge in [-0.15, -0.1) is 11.8 Å². The first-order chi connectivity index (χ1) is 10.3. The average molecular weight is 304 g/mol. The predicted octanol–water partition coefficient (Wildman–Crippen LogP) is 1.51. The van der Waals surface area contributed by atoms with Crippen LogP contribution in [0.3, 0.4) is 0 Å². The Morgan fingerprint density at radius 2 is 2.24 bits per heavy atom. The number of nitrogens with zero attached hydrogens (tertiary/aromatic N) is 2. The van der Waals surface area contributed by atoms with E-state index >= 15 is 0 Å². The van der Waals surface area contributed by atoms with E-state index in [2.05, 4.69) is 23.6 Å². The minimum Gasteiger partial charge on any atom is -0.375 e. The quantitative estimate of drug-likeness (QED) is 0.807. The van der Waals surface area contributed by atoms with Crippen molar-refractivity contribution < 1.29 is 4.79 Å². The number of amides is 1. The molecule has 0 saturated carbocycles. The van der Waals surface area contributed by atoms with Gasteiger partial charge >= 0.3 is 0 Å².